The summed E-state index contributed by atoms with van der Waals surface area (Å²) in [5, 5.41) is 8.65. The standard InChI is InChI=1S/C13H20ClN5/c1-10(8-18-6-4-15-9-18)16-5-7-19-12(3)13(14)11(2)17-19/h4,6,9-10,16H,5,7-8H2,1-3H3. The number of nitrogens with zero attached hydrogens (tertiary/aromatic N) is 4. The molecule has 0 aliphatic carbocycles. The molecule has 0 aliphatic heterocycles. The van der Waals surface area contributed by atoms with Crippen LogP contribution in [0.5, 0.6) is 0 Å². The molecule has 0 radical (unpaired) electrons. The van der Waals surface area contributed by atoms with Gasteiger partial charge in [-0.2, -0.15) is 5.10 Å². The van der Waals surface area contributed by atoms with E-state index in [4.69, 9.17) is 11.6 Å². The molecule has 2 aromatic heterocycles. The average molecular weight is 282 g/mol. The van der Waals surface area contributed by atoms with Gasteiger partial charge in [-0.25, -0.2) is 4.98 Å². The summed E-state index contributed by atoms with van der Waals surface area (Å²) in [7, 11) is 0. The Labute approximate surface area is 118 Å². The predicted octanol–water partition coefficient (Wildman–Crippen LogP) is 2.03. The zero-order valence-electron chi connectivity index (χ0n) is 11.6. The lowest BCUT2D eigenvalue weighted by Gasteiger charge is -2.14. The molecular weight excluding hydrogens is 262 g/mol. The summed E-state index contributed by atoms with van der Waals surface area (Å²) in [6.07, 6.45) is 5.60. The Morgan fingerprint density at radius 1 is 1.42 bits per heavy atom. The van der Waals surface area contributed by atoms with E-state index in [0.717, 1.165) is 36.0 Å². The number of aromatic nitrogens is 4. The van der Waals surface area contributed by atoms with E-state index < -0.39 is 0 Å². The number of hydrogen-bond donors (Lipinski definition) is 1. The Kier molecular flexibility index (Phi) is 4.61. The monoisotopic (exact) mass is 281 g/mol. The highest BCUT2D eigenvalue weighted by Gasteiger charge is 2.09. The van der Waals surface area contributed by atoms with Crippen LogP contribution in [0.1, 0.15) is 18.3 Å². The molecule has 19 heavy (non-hydrogen) atoms. The molecule has 6 heteroatoms. The minimum Gasteiger partial charge on any atom is -0.336 e. The van der Waals surface area contributed by atoms with E-state index in [1.54, 1.807) is 6.20 Å². The van der Waals surface area contributed by atoms with E-state index in [0.29, 0.717) is 6.04 Å². The van der Waals surface area contributed by atoms with Gasteiger partial charge < -0.3 is 9.88 Å². The first kappa shape index (κ1) is 14.1. The topological polar surface area (TPSA) is 47.7 Å². The normalized spacial score (nSPS) is 12.8. The molecule has 1 unspecified atom stereocenters. The predicted molar refractivity (Wildman–Crippen MR) is 76.4 cm³/mol. The minimum absolute atomic E-state index is 0.390. The highest BCUT2D eigenvalue weighted by atomic mass is 35.5. The summed E-state index contributed by atoms with van der Waals surface area (Å²) in [4.78, 5) is 4.03. The molecular formula is C13H20ClN5. The molecule has 1 N–H and O–H groups in total. The van der Waals surface area contributed by atoms with Crippen molar-refractivity contribution in [1.82, 2.24) is 24.6 Å². The summed E-state index contributed by atoms with van der Waals surface area (Å²) in [6, 6.07) is 0.390. The number of imidazole rings is 1. The van der Waals surface area contributed by atoms with Crippen LogP contribution < -0.4 is 5.32 Å². The largest absolute Gasteiger partial charge is 0.336 e. The Morgan fingerprint density at radius 3 is 2.79 bits per heavy atom. The summed E-state index contributed by atoms with van der Waals surface area (Å²) < 4.78 is 4.02. The maximum Gasteiger partial charge on any atom is 0.0946 e. The van der Waals surface area contributed by atoms with Gasteiger partial charge >= 0.3 is 0 Å². The van der Waals surface area contributed by atoms with Gasteiger partial charge in [-0.3, -0.25) is 4.68 Å². The van der Waals surface area contributed by atoms with Gasteiger partial charge in [0.05, 0.1) is 29.3 Å². The molecule has 0 aliphatic rings. The number of nitrogens with one attached hydrogen (secondary N) is 1. The van der Waals surface area contributed by atoms with Crippen molar-refractivity contribution in [1.29, 1.82) is 0 Å². The van der Waals surface area contributed by atoms with Gasteiger partial charge in [0, 0.05) is 31.5 Å². The first-order valence-electron chi connectivity index (χ1n) is 6.46. The van der Waals surface area contributed by atoms with Crippen LogP contribution in [0.4, 0.5) is 0 Å². The van der Waals surface area contributed by atoms with Gasteiger partial charge in [0.15, 0.2) is 0 Å². The maximum atomic E-state index is 6.12. The van der Waals surface area contributed by atoms with E-state index in [-0.39, 0.29) is 0 Å². The van der Waals surface area contributed by atoms with Crippen LogP contribution in [0.2, 0.25) is 5.02 Å². The molecule has 1 atom stereocenters. The first-order valence-corrected chi connectivity index (χ1v) is 6.84. The average Bonchev–Trinajstić information content (AvgIpc) is 2.95. The quantitative estimate of drug-likeness (QED) is 0.881. The van der Waals surface area contributed by atoms with Crippen LogP contribution in [0.25, 0.3) is 0 Å². The molecule has 2 heterocycles. The van der Waals surface area contributed by atoms with Gasteiger partial charge in [-0.1, -0.05) is 11.6 Å². The number of hydrogen-bond acceptors (Lipinski definition) is 3. The van der Waals surface area contributed by atoms with Crippen molar-refractivity contribution in [2.24, 2.45) is 0 Å². The van der Waals surface area contributed by atoms with Crippen molar-refractivity contribution < 1.29 is 0 Å². The van der Waals surface area contributed by atoms with E-state index in [1.807, 2.05) is 31.1 Å². The van der Waals surface area contributed by atoms with E-state index in [1.165, 1.54) is 0 Å². The fourth-order valence-electron chi connectivity index (χ4n) is 2.09. The maximum absolute atomic E-state index is 6.12. The lowest BCUT2D eigenvalue weighted by atomic mass is 10.3. The second-order valence-electron chi connectivity index (χ2n) is 4.82. The van der Waals surface area contributed by atoms with Crippen molar-refractivity contribution in [3.63, 3.8) is 0 Å². The van der Waals surface area contributed by atoms with Crippen LogP contribution in [-0.4, -0.2) is 31.9 Å². The van der Waals surface area contributed by atoms with Crippen LogP contribution >= 0.6 is 11.6 Å². The lowest BCUT2D eigenvalue weighted by molar-refractivity contribution is 0.448. The highest BCUT2D eigenvalue weighted by molar-refractivity contribution is 6.31. The van der Waals surface area contributed by atoms with E-state index in [2.05, 4.69) is 26.9 Å². The smallest absolute Gasteiger partial charge is 0.0946 e. The molecule has 0 saturated carbocycles. The molecule has 0 bridgehead atoms. The zero-order chi connectivity index (χ0) is 13.8. The van der Waals surface area contributed by atoms with Crippen LogP contribution in [0, 0.1) is 13.8 Å². The molecule has 2 aromatic rings. The van der Waals surface area contributed by atoms with Gasteiger partial charge in [-0.15, -0.1) is 0 Å². The summed E-state index contributed by atoms with van der Waals surface area (Å²) in [5.74, 6) is 0. The molecule has 104 valence electrons. The molecule has 0 saturated heterocycles. The summed E-state index contributed by atoms with van der Waals surface area (Å²) >= 11 is 6.12. The Bertz CT molecular complexity index is 517. The van der Waals surface area contributed by atoms with Crippen molar-refractivity contribution in [3.8, 4) is 0 Å². The minimum atomic E-state index is 0.390. The Hall–Kier alpha value is -1.33. The fourth-order valence-corrected chi connectivity index (χ4v) is 2.22. The van der Waals surface area contributed by atoms with Gasteiger partial charge in [0.2, 0.25) is 0 Å². The van der Waals surface area contributed by atoms with Crippen molar-refractivity contribution in [2.75, 3.05) is 6.54 Å². The first-order chi connectivity index (χ1) is 9.08. The zero-order valence-corrected chi connectivity index (χ0v) is 12.4. The SMILES string of the molecule is Cc1nn(CCNC(C)Cn2ccnc2)c(C)c1Cl. The molecule has 0 spiro atoms. The highest BCUT2D eigenvalue weighted by Crippen LogP contribution is 2.18. The van der Waals surface area contributed by atoms with Gasteiger partial charge in [0.1, 0.15) is 0 Å². The van der Waals surface area contributed by atoms with E-state index >= 15 is 0 Å². The molecule has 5 nitrogen and oxygen atoms in total. The van der Waals surface area contributed by atoms with Crippen molar-refractivity contribution in [3.05, 3.63) is 35.1 Å². The van der Waals surface area contributed by atoms with Crippen molar-refractivity contribution >= 4 is 11.6 Å². The number of aryl methyl sites for hydroxylation is 1. The van der Waals surface area contributed by atoms with Crippen LogP contribution in [-0.2, 0) is 13.1 Å². The lowest BCUT2D eigenvalue weighted by Crippen LogP contribution is -2.33. The molecule has 2 rings (SSSR count). The van der Waals surface area contributed by atoms with E-state index in [9.17, 15) is 0 Å². The van der Waals surface area contributed by atoms with Gasteiger partial charge in [0.25, 0.3) is 0 Å². The third-order valence-corrected chi connectivity index (χ3v) is 3.70. The van der Waals surface area contributed by atoms with Crippen LogP contribution in [0.3, 0.4) is 0 Å². The third-order valence-electron chi connectivity index (χ3n) is 3.15. The molecule has 0 fully saturated rings. The van der Waals surface area contributed by atoms with Gasteiger partial charge in [-0.05, 0) is 20.8 Å². The Morgan fingerprint density at radius 2 is 2.21 bits per heavy atom. The summed E-state index contributed by atoms with van der Waals surface area (Å²) in [5.41, 5.74) is 1.92. The second kappa shape index (κ2) is 6.21. The fraction of sp³-hybridized carbons (Fsp3) is 0.538. The second-order valence-corrected chi connectivity index (χ2v) is 5.20. The molecule has 0 amide bonds. The number of rotatable bonds is 6. The summed E-state index contributed by atoms with van der Waals surface area (Å²) in [6.45, 7) is 8.70. The van der Waals surface area contributed by atoms with Crippen LogP contribution in [0.15, 0.2) is 18.7 Å². The van der Waals surface area contributed by atoms with Crippen molar-refractivity contribution in [2.45, 2.75) is 39.9 Å². The Balaban J connectivity index is 1.78. The third kappa shape index (κ3) is 3.58. The molecule has 0 aromatic carbocycles. The number of halogens is 1.